The second kappa shape index (κ2) is 6.31. The fraction of sp³-hybridized carbons (Fsp3) is 0.118. The van der Waals surface area contributed by atoms with Gasteiger partial charge in [-0.05, 0) is 35.4 Å². The van der Waals surface area contributed by atoms with E-state index in [9.17, 15) is 18.0 Å². The lowest BCUT2D eigenvalue weighted by atomic mass is 10.1. The molecular formula is C17H11F3N4O3. The molecule has 0 saturated heterocycles. The quantitative estimate of drug-likeness (QED) is 0.547. The zero-order valence-electron chi connectivity index (χ0n) is 13.6. The molecule has 0 N–H and O–H groups in total. The molecule has 0 atom stereocenters. The van der Waals surface area contributed by atoms with E-state index in [-0.39, 0.29) is 18.0 Å². The molecule has 1 aromatic carbocycles. The first-order valence-electron chi connectivity index (χ1n) is 7.73. The third-order valence-corrected chi connectivity index (χ3v) is 3.77. The lowest BCUT2D eigenvalue weighted by Crippen LogP contribution is -2.21. The molecule has 0 aliphatic heterocycles. The fourth-order valence-electron chi connectivity index (χ4n) is 2.60. The van der Waals surface area contributed by atoms with E-state index < -0.39 is 6.36 Å². The van der Waals surface area contributed by atoms with Crippen LogP contribution in [0.2, 0.25) is 0 Å². The van der Waals surface area contributed by atoms with E-state index in [4.69, 9.17) is 4.42 Å². The monoisotopic (exact) mass is 376 g/mol. The van der Waals surface area contributed by atoms with Gasteiger partial charge < -0.3 is 9.15 Å². The topological polar surface area (TPSA) is 74.6 Å². The number of hydrogen-bond acceptors (Lipinski definition) is 5. The molecule has 4 aromatic rings. The van der Waals surface area contributed by atoms with Gasteiger partial charge in [-0.15, -0.1) is 18.3 Å². The molecule has 0 unspecified atom stereocenters. The van der Waals surface area contributed by atoms with Crippen molar-refractivity contribution in [2.45, 2.75) is 12.9 Å². The van der Waals surface area contributed by atoms with Crippen LogP contribution in [0.25, 0.3) is 16.8 Å². The lowest BCUT2D eigenvalue weighted by molar-refractivity contribution is -0.274. The summed E-state index contributed by atoms with van der Waals surface area (Å²) < 4.78 is 48.2. The molecule has 0 aliphatic rings. The van der Waals surface area contributed by atoms with Crippen molar-refractivity contribution in [3.8, 4) is 16.9 Å². The molecule has 0 spiro atoms. The number of hydrogen-bond donors (Lipinski definition) is 0. The Bertz CT molecular complexity index is 1130. The molecule has 0 radical (unpaired) electrons. The minimum Gasteiger partial charge on any atom is -0.447 e. The van der Waals surface area contributed by atoms with Crippen LogP contribution in [0.1, 0.15) is 5.89 Å². The smallest absolute Gasteiger partial charge is 0.447 e. The summed E-state index contributed by atoms with van der Waals surface area (Å²) in [6.07, 6.45) is -0.303. The summed E-state index contributed by atoms with van der Waals surface area (Å²) in [6.45, 7) is 0.0896. The van der Waals surface area contributed by atoms with Crippen LogP contribution in [0.15, 0.2) is 64.3 Å². The van der Waals surface area contributed by atoms with Crippen LogP contribution in [0.5, 0.6) is 5.75 Å². The van der Waals surface area contributed by atoms with Crippen molar-refractivity contribution < 1.29 is 22.3 Å². The standard InChI is InChI=1S/C17H11F3N4O3/c18-17(19,20)27-13-4-1-11(2-5-13)12-3-6-14-22-24(16(25)23(14)9-12)10-15-21-7-8-26-15/h1-9H,10H2. The summed E-state index contributed by atoms with van der Waals surface area (Å²) in [6, 6.07) is 8.73. The number of benzene rings is 1. The molecule has 4 rings (SSSR count). The van der Waals surface area contributed by atoms with Gasteiger partial charge in [-0.2, -0.15) is 0 Å². The minimum absolute atomic E-state index is 0.0896. The molecule has 3 heterocycles. The molecule has 0 saturated carbocycles. The van der Waals surface area contributed by atoms with Gasteiger partial charge in [0.2, 0.25) is 5.89 Å². The van der Waals surface area contributed by atoms with Gasteiger partial charge in [0, 0.05) is 6.20 Å². The van der Waals surface area contributed by atoms with Crippen LogP contribution in [0, 0.1) is 0 Å². The van der Waals surface area contributed by atoms with Crippen LogP contribution < -0.4 is 10.4 Å². The summed E-state index contributed by atoms with van der Waals surface area (Å²) in [5.41, 5.74) is 1.30. The van der Waals surface area contributed by atoms with Crippen molar-refractivity contribution in [2.24, 2.45) is 0 Å². The van der Waals surface area contributed by atoms with Gasteiger partial charge in [-0.25, -0.2) is 18.9 Å². The van der Waals surface area contributed by atoms with Crippen LogP contribution >= 0.6 is 0 Å². The van der Waals surface area contributed by atoms with Crippen molar-refractivity contribution in [3.05, 3.63) is 71.4 Å². The summed E-state index contributed by atoms with van der Waals surface area (Å²) in [4.78, 5) is 16.5. The number of fused-ring (bicyclic) bond motifs is 1. The number of nitrogens with zero attached hydrogens (tertiary/aromatic N) is 4. The number of rotatable bonds is 4. The summed E-state index contributed by atoms with van der Waals surface area (Å²) in [5, 5.41) is 4.20. The molecule has 0 bridgehead atoms. The maximum absolute atomic E-state index is 12.5. The minimum atomic E-state index is -4.74. The van der Waals surface area contributed by atoms with Crippen molar-refractivity contribution >= 4 is 5.65 Å². The van der Waals surface area contributed by atoms with Crippen molar-refractivity contribution in [1.29, 1.82) is 0 Å². The van der Waals surface area contributed by atoms with Crippen molar-refractivity contribution in [1.82, 2.24) is 19.2 Å². The largest absolute Gasteiger partial charge is 0.573 e. The molecule has 0 amide bonds. The van der Waals surface area contributed by atoms with Crippen LogP contribution in [-0.2, 0) is 6.54 Å². The molecule has 27 heavy (non-hydrogen) atoms. The van der Waals surface area contributed by atoms with E-state index in [1.165, 1.54) is 45.8 Å². The maximum atomic E-state index is 12.5. The number of aromatic nitrogens is 4. The molecular weight excluding hydrogens is 365 g/mol. The Labute approximate surface area is 149 Å². The summed E-state index contributed by atoms with van der Waals surface area (Å²) in [7, 11) is 0. The van der Waals surface area contributed by atoms with Gasteiger partial charge in [0.05, 0.1) is 6.20 Å². The zero-order chi connectivity index (χ0) is 19.0. The highest BCUT2D eigenvalue weighted by Crippen LogP contribution is 2.26. The number of halogens is 3. The van der Waals surface area contributed by atoms with E-state index in [0.29, 0.717) is 22.7 Å². The first-order valence-corrected chi connectivity index (χ1v) is 7.73. The average Bonchev–Trinajstić information content (AvgIpc) is 3.23. The molecule has 0 fully saturated rings. The summed E-state index contributed by atoms with van der Waals surface area (Å²) in [5.74, 6) is 0.0317. The van der Waals surface area contributed by atoms with Crippen LogP contribution in [0.3, 0.4) is 0 Å². The predicted octanol–water partition coefficient (Wildman–Crippen LogP) is 3.10. The average molecular weight is 376 g/mol. The Morgan fingerprint density at radius 2 is 1.81 bits per heavy atom. The van der Waals surface area contributed by atoms with Gasteiger partial charge in [0.15, 0.2) is 5.65 Å². The number of alkyl halides is 3. The first kappa shape index (κ1) is 16.9. The van der Waals surface area contributed by atoms with E-state index in [1.54, 1.807) is 18.3 Å². The molecule has 138 valence electrons. The third-order valence-electron chi connectivity index (χ3n) is 3.77. The van der Waals surface area contributed by atoms with Gasteiger partial charge >= 0.3 is 12.1 Å². The van der Waals surface area contributed by atoms with Crippen LogP contribution in [-0.4, -0.2) is 25.5 Å². The van der Waals surface area contributed by atoms with E-state index in [0.717, 1.165) is 0 Å². The Kier molecular flexibility index (Phi) is 3.94. The van der Waals surface area contributed by atoms with Gasteiger partial charge in [-0.1, -0.05) is 12.1 Å². The maximum Gasteiger partial charge on any atom is 0.573 e. The number of pyridine rings is 1. The Morgan fingerprint density at radius 1 is 1.07 bits per heavy atom. The Balaban J connectivity index is 1.65. The van der Waals surface area contributed by atoms with E-state index in [1.807, 2.05) is 0 Å². The highest BCUT2D eigenvalue weighted by Gasteiger charge is 2.30. The second-order valence-corrected chi connectivity index (χ2v) is 5.58. The normalized spacial score (nSPS) is 11.8. The second-order valence-electron chi connectivity index (χ2n) is 5.58. The van der Waals surface area contributed by atoms with Gasteiger partial charge in [0.1, 0.15) is 18.6 Å². The Morgan fingerprint density at radius 3 is 2.48 bits per heavy atom. The highest BCUT2D eigenvalue weighted by molar-refractivity contribution is 5.65. The number of ether oxygens (including phenoxy) is 1. The molecule has 3 aromatic heterocycles. The zero-order valence-corrected chi connectivity index (χ0v) is 13.6. The van der Waals surface area contributed by atoms with Crippen LogP contribution in [0.4, 0.5) is 13.2 Å². The summed E-state index contributed by atoms with van der Waals surface area (Å²) >= 11 is 0. The van der Waals surface area contributed by atoms with Gasteiger partial charge in [-0.3, -0.25) is 0 Å². The third kappa shape index (κ3) is 3.54. The number of oxazole rings is 1. The molecule has 0 aliphatic carbocycles. The fourth-order valence-corrected chi connectivity index (χ4v) is 2.60. The van der Waals surface area contributed by atoms with Crippen molar-refractivity contribution in [3.63, 3.8) is 0 Å². The van der Waals surface area contributed by atoms with Gasteiger partial charge in [0.25, 0.3) is 0 Å². The lowest BCUT2D eigenvalue weighted by Gasteiger charge is -2.09. The first-order chi connectivity index (χ1) is 12.9. The SMILES string of the molecule is O=c1n(Cc2ncco2)nc2ccc(-c3ccc(OC(F)(F)F)cc3)cn12. The highest BCUT2D eigenvalue weighted by atomic mass is 19.4. The van der Waals surface area contributed by atoms with E-state index in [2.05, 4.69) is 14.8 Å². The predicted molar refractivity (Wildman–Crippen MR) is 87.2 cm³/mol. The molecule has 10 heteroatoms. The van der Waals surface area contributed by atoms with E-state index >= 15 is 0 Å². The molecule has 7 nitrogen and oxygen atoms in total. The van der Waals surface area contributed by atoms with Crippen molar-refractivity contribution in [2.75, 3.05) is 0 Å². The Hall–Kier alpha value is -3.56.